The number of anilines is 1. The Morgan fingerprint density at radius 1 is 1.05 bits per heavy atom. The number of nitrogens with zero attached hydrogens (tertiary/aromatic N) is 2. The number of carbonyl (C=O) groups is 3. The maximum absolute atomic E-state index is 14.0. The summed E-state index contributed by atoms with van der Waals surface area (Å²) in [5, 5.41) is 6.88. The Bertz CT molecular complexity index is 1360. The van der Waals surface area contributed by atoms with Crippen molar-refractivity contribution in [2.24, 2.45) is 0 Å². The van der Waals surface area contributed by atoms with E-state index in [2.05, 4.69) is 10.6 Å². The van der Waals surface area contributed by atoms with Gasteiger partial charge in [-0.1, -0.05) is 54.1 Å². The normalized spacial score (nSPS) is 17.0. The third-order valence-electron chi connectivity index (χ3n) is 7.18. The number of piperazine rings is 1. The molecule has 0 aromatic heterocycles. The molecule has 208 valence electrons. The Labute approximate surface area is 239 Å². The third-order valence-corrected chi connectivity index (χ3v) is 7.54. The van der Waals surface area contributed by atoms with Gasteiger partial charge in [0.1, 0.15) is 12.6 Å². The lowest BCUT2D eigenvalue weighted by Crippen LogP contribution is -2.61. The summed E-state index contributed by atoms with van der Waals surface area (Å²) < 4.78 is 5.43. The number of hydrogen-bond acceptors (Lipinski definition) is 6. The Morgan fingerprint density at radius 3 is 2.48 bits per heavy atom. The van der Waals surface area contributed by atoms with Gasteiger partial charge < -0.3 is 20.3 Å². The summed E-state index contributed by atoms with van der Waals surface area (Å²) in [6.07, 6.45) is 1.87. The van der Waals surface area contributed by atoms with Gasteiger partial charge in [-0.3, -0.25) is 14.5 Å². The first kappa shape index (κ1) is 27.8. The molecule has 5 rings (SSSR count). The third kappa shape index (κ3) is 6.53. The van der Waals surface area contributed by atoms with E-state index in [-0.39, 0.29) is 31.0 Å². The number of halogens is 1. The van der Waals surface area contributed by atoms with Crippen molar-refractivity contribution in [2.75, 3.05) is 25.0 Å². The van der Waals surface area contributed by atoms with Crippen molar-refractivity contribution >= 4 is 35.1 Å². The maximum atomic E-state index is 14.0. The molecular formula is C31H33ClN4O4. The molecule has 3 aromatic rings. The lowest BCUT2D eigenvalue weighted by molar-refractivity contribution is -0.136. The van der Waals surface area contributed by atoms with Gasteiger partial charge in [0.15, 0.2) is 0 Å². The monoisotopic (exact) mass is 560 g/mol. The summed E-state index contributed by atoms with van der Waals surface area (Å²) in [4.78, 5) is 42.8. The summed E-state index contributed by atoms with van der Waals surface area (Å²) in [5.41, 5.74) is 3.89. The molecule has 0 radical (unpaired) electrons. The average molecular weight is 561 g/mol. The lowest BCUT2D eigenvalue weighted by atomic mass is 10.1. The van der Waals surface area contributed by atoms with Crippen LogP contribution in [0.5, 0.6) is 0 Å². The van der Waals surface area contributed by atoms with E-state index in [4.69, 9.17) is 16.3 Å². The van der Waals surface area contributed by atoms with Crippen LogP contribution in [-0.2, 0) is 34.0 Å². The molecular weight excluding hydrogens is 528 g/mol. The quantitative estimate of drug-likeness (QED) is 0.365. The maximum Gasteiger partial charge on any atom is 0.338 e. The highest BCUT2D eigenvalue weighted by Gasteiger charge is 2.41. The smallest absolute Gasteiger partial charge is 0.338 e. The van der Waals surface area contributed by atoms with Crippen LogP contribution in [0, 0.1) is 0 Å². The minimum Gasteiger partial charge on any atom is -0.457 e. The van der Waals surface area contributed by atoms with Crippen molar-refractivity contribution in [3.8, 4) is 0 Å². The number of esters is 1. The lowest BCUT2D eigenvalue weighted by Gasteiger charge is -2.38. The van der Waals surface area contributed by atoms with Crippen LogP contribution in [0.2, 0.25) is 5.02 Å². The molecule has 0 spiro atoms. The molecule has 3 aromatic carbocycles. The molecule has 0 bridgehead atoms. The Morgan fingerprint density at radius 2 is 1.77 bits per heavy atom. The van der Waals surface area contributed by atoms with Gasteiger partial charge in [0.2, 0.25) is 11.8 Å². The minimum atomic E-state index is -0.678. The first-order chi connectivity index (χ1) is 19.4. The van der Waals surface area contributed by atoms with Crippen molar-refractivity contribution in [3.05, 3.63) is 100 Å². The zero-order valence-corrected chi connectivity index (χ0v) is 23.2. The number of rotatable bonds is 10. The highest BCUT2D eigenvalue weighted by molar-refractivity contribution is 6.31. The van der Waals surface area contributed by atoms with E-state index in [1.807, 2.05) is 48.3 Å². The second kappa shape index (κ2) is 12.6. The van der Waals surface area contributed by atoms with Gasteiger partial charge in [-0.15, -0.1) is 0 Å². The summed E-state index contributed by atoms with van der Waals surface area (Å²) in [6, 6.07) is 21.4. The van der Waals surface area contributed by atoms with E-state index in [1.54, 1.807) is 41.3 Å². The van der Waals surface area contributed by atoms with E-state index in [1.165, 1.54) is 0 Å². The predicted octanol–water partition coefficient (Wildman–Crippen LogP) is 3.91. The van der Waals surface area contributed by atoms with E-state index in [0.29, 0.717) is 35.9 Å². The second-order valence-electron chi connectivity index (χ2n) is 10.2. The summed E-state index contributed by atoms with van der Waals surface area (Å²) in [5.74, 6) is -0.666. The van der Waals surface area contributed by atoms with Crippen LogP contribution in [0.4, 0.5) is 5.69 Å². The Kier molecular flexibility index (Phi) is 8.79. The molecule has 1 saturated carbocycles. The van der Waals surface area contributed by atoms with Crippen LogP contribution in [0.15, 0.2) is 72.8 Å². The number of benzene rings is 3. The SMILES string of the molecule is CNCc1ccc(Cl)c(CN(C(=O)[C@H]2CNCC(=O)N2c2ccc(COC(=O)c3ccccc3)cc2)C2CC2)c1. The summed E-state index contributed by atoms with van der Waals surface area (Å²) >= 11 is 6.53. The van der Waals surface area contributed by atoms with Gasteiger partial charge in [-0.05, 0) is 66.9 Å². The molecule has 2 amide bonds. The van der Waals surface area contributed by atoms with Gasteiger partial charge >= 0.3 is 5.97 Å². The number of nitrogens with one attached hydrogen (secondary N) is 2. The molecule has 1 aliphatic carbocycles. The first-order valence-electron chi connectivity index (χ1n) is 13.5. The Balaban J connectivity index is 1.31. The summed E-state index contributed by atoms with van der Waals surface area (Å²) in [7, 11) is 1.89. The van der Waals surface area contributed by atoms with Gasteiger partial charge in [-0.25, -0.2) is 4.79 Å². The molecule has 2 fully saturated rings. The number of ether oxygens (including phenoxy) is 1. The molecule has 40 heavy (non-hydrogen) atoms. The van der Waals surface area contributed by atoms with Crippen molar-refractivity contribution in [1.82, 2.24) is 15.5 Å². The minimum absolute atomic E-state index is 0.0981. The molecule has 2 N–H and O–H groups in total. The van der Waals surface area contributed by atoms with Gasteiger partial charge in [0.05, 0.1) is 12.1 Å². The number of carbonyl (C=O) groups excluding carboxylic acids is 3. The highest BCUT2D eigenvalue weighted by atomic mass is 35.5. The fourth-order valence-electron chi connectivity index (χ4n) is 4.96. The fraction of sp³-hybridized carbons (Fsp3) is 0.323. The number of hydrogen-bond donors (Lipinski definition) is 2. The van der Waals surface area contributed by atoms with Crippen LogP contribution in [0.25, 0.3) is 0 Å². The molecule has 1 atom stereocenters. The van der Waals surface area contributed by atoms with Crippen molar-refractivity contribution in [3.63, 3.8) is 0 Å². The largest absolute Gasteiger partial charge is 0.457 e. The zero-order valence-electron chi connectivity index (χ0n) is 22.4. The molecule has 2 aliphatic rings. The van der Waals surface area contributed by atoms with Crippen LogP contribution >= 0.6 is 11.6 Å². The Hall–Kier alpha value is -3.72. The standard InChI is InChI=1S/C31H33ClN4O4/c1-33-16-22-9-14-27(32)24(15-22)19-35(25-12-13-25)30(38)28-17-34-18-29(37)36(28)26-10-7-21(8-11-26)20-40-31(39)23-5-3-2-4-6-23/h2-11,14-15,25,28,33-34H,12-13,16-20H2,1H3/t28-/m1/s1. The molecule has 8 nitrogen and oxygen atoms in total. The van der Waals surface area contributed by atoms with Crippen molar-refractivity contribution < 1.29 is 19.1 Å². The average Bonchev–Trinajstić information content (AvgIpc) is 3.82. The number of amides is 2. The van der Waals surface area contributed by atoms with Crippen molar-refractivity contribution in [2.45, 2.75) is 44.6 Å². The molecule has 1 saturated heterocycles. The van der Waals surface area contributed by atoms with Gasteiger partial charge in [0.25, 0.3) is 0 Å². The molecule has 1 aliphatic heterocycles. The van der Waals surface area contributed by atoms with Crippen molar-refractivity contribution in [1.29, 1.82) is 0 Å². The van der Waals surface area contributed by atoms with Crippen LogP contribution in [-0.4, -0.2) is 54.9 Å². The molecule has 1 heterocycles. The highest BCUT2D eigenvalue weighted by Crippen LogP contribution is 2.32. The van der Waals surface area contributed by atoms with Gasteiger partial charge in [0, 0.05) is 36.4 Å². The fourth-order valence-corrected chi connectivity index (χ4v) is 5.14. The van der Waals surface area contributed by atoms with Crippen LogP contribution < -0.4 is 15.5 Å². The van der Waals surface area contributed by atoms with Crippen LogP contribution in [0.3, 0.4) is 0 Å². The predicted molar refractivity (Wildman–Crippen MR) is 154 cm³/mol. The zero-order chi connectivity index (χ0) is 28.1. The van der Waals surface area contributed by atoms with Gasteiger partial charge in [-0.2, -0.15) is 0 Å². The van der Waals surface area contributed by atoms with E-state index in [9.17, 15) is 14.4 Å². The molecule has 9 heteroatoms. The first-order valence-corrected chi connectivity index (χ1v) is 13.9. The molecule has 0 unspecified atom stereocenters. The van der Waals surface area contributed by atoms with E-state index >= 15 is 0 Å². The summed E-state index contributed by atoms with van der Waals surface area (Å²) in [6.45, 7) is 1.72. The topological polar surface area (TPSA) is 91.0 Å². The second-order valence-corrected chi connectivity index (χ2v) is 10.6. The van der Waals surface area contributed by atoms with E-state index in [0.717, 1.165) is 29.5 Å². The van der Waals surface area contributed by atoms with Crippen LogP contribution in [0.1, 0.15) is 39.9 Å². The van der Waals surface area contributed by atoms with E-state index < -0.39 is 12.0 Å².